The molecular weight excluding hydrogens is 258 g/mol. The Labute approximate surface area is 99.3 Å². The summed E-state index contributed by atoms with van der Waals surface area (Å²) in [6.45, 7) is 3.67. The average Bonchev–Trinajstić information content (AvgIpc) is 2.61. The number of ether oxygens (including phenoxy) is 1. The van der Waals surface area contributed by atoms with Crippen molar-refractivity contribution in [2.45, 2.75) is 32.4 Å². The van der Waals surface area contributed by atoms with Gasteiger partial charge in [0.05, 0.1) is 13.2 Å². The van der Waals surface area contributed by atoms with Crippen LogP contribution in [0.1, 0.15) is 25.5 Å². The van der Waals surface area contributed by atoms with Gasteiger partial charge in [0.2, 0.25) is 0 Å². The Hall–Kier alpha value is -0.320. The van der Waals surface area contributed by atoms with Crippen LogP contribution in [-0.4, -0.2) is 19.8 Å². The molecule has 1 aromatic heterocycles. The van der Waals surface area contributed by atoms with Crippen LogP contribution in [0.25, 0.3) is 0 Å². The van der Waals surface area contributed by atoms with Gasteiger partial charge in [-0.3, -0.25) is 0 Å². The lowest BCUT2D eigenvalue weighted by Gasteiger charge is -2.15. The second kappa shape index (κ2) is 7.04. The SMILES string of the molecule is CCCC(COC)NCc1ccc(Br)o1. The van der Waals surface area contributed by atoms with E-state index in [1.165, 1.54) is 0 Å². The standard InChI is InChI=1S/C11H18BrNO2/c1-3-4-9(8-14-2)13-7-10-5-6-11(12)15-10/h5-6,9,13H,3-4,7-8H2,1-2H3. The monoisotopic (exact) mass is 275 g/mol. The molecule has 0 aliphatic heterocycles. The summed E-state index contributed by atoms with van der Waals surface area (Å²) in [6.07, 6.45) is 2.28. The zero-order valence-corrected chi connectivity index (χ0v) is 10.8. The molecular formula is C11H18BrNO2. The van der Waals surface area contributed by atoms with Gasteiger partial charge < -0.3 is 14.5 Å². The number of furan rings is 1. The lowest BCUT2D eigenvalue weighted by Crippen LogP contribution is -2.32. The highest BCUT2D eigenvalue weighted by atomic mass is 79.9. The topological polar surface area (TPSA) is 34.4 Å². The Morgan fingerprint density at radius 3 is 2.87 bits per heavy atom. The molecule has 0 spiro atoms. The summed E-state index contributed by atoms with van der Waals surface area (Å²) in [6, 6.07) is 4.28. The molecule has 1 heterocycles. The molecule has 0 aliphatic rings. The molecule has 3 nitrogen and oxygen atoms in total. The third-order valence-electron chi connectivity index (χ3n) is 2.20. The Kier molecular flexibility index (Phi) is 5.98. The summed E-state index contributed by atoms with van der Waals surface area (Å²) in [7, 11) is 1.73. The summed E-state index contributed by atoms with van der Waals surface area (Å²) in [5, 5.41) is 3.41. The van der Waals surface area contributed by atoms with E-state index in [0.717, 1.165) is 36.4 Å². The van der Waals surface area contributed by atoms with E-state index in [0.29, 0.717) is 6.04 Å². The van der Waals surface area contributed by atoms with Crippen molar-refractivity contribution in [1.29, 1.82) is 0 Å². The van der Waals surface area contributed by atoms with E-state index in [1.54, 1.807) is 7.11 Å². The van der Waals surface area contributed by atoms with Crippen molar-refractivity contribution in [1.82, 2.24) is 5.32 Å². The smallest absolute Gasteiger partial charge is 0.169 e. The zero-order chi connectivity index (χ0) is 11.1. The number of hydrogen-bond donors (Lipinski definition) is 1. The fraction of sp³-hybridized carbons (Fsp3) is 0.636. The maximum absolute atomic E-state index is 5.40. The maximum Gasteiger partial charge on any atom is 0.169 e. The predicted molar refractivity (Wildman–Crippen MR) is 63.8 cm³/mol. The van der Waals surface area contributed by atoms with Crippen LogP contribution in [0.15, 0.2) is 21.2 Å². The van der Waals surface area contributed by atoms with Crippen LogP contribution >= 0.6 is 15.9 Å². The summed E-state index contributed by atoms with van der Waals surface area (Å²) in [4.78, 5) is 0. The zero-order valence-electron chi connectivity index (χ0n) is 9.25. The Bertz CT molecular complexity index is 269. The fourth-order valence-electron chi connectivity index (χ4n) is 1.49. The van der Waals surface area contributed by atoms with E-state index in [2.05, 4.69) is 28.2 Å². The van der Waals surface area contributed by atoms with Gasteiger partial charge in [-0.05, 0) is 34.5 Å². The van der Waals surface area contributed by atoms with E-state index in [9.17, 15) is 0 Å². The van der Waals surface area contributed by atoms with E-state index in [-0.39, 0.29) is 0 Å². The van der Waals surface area contributed by atoms with Crippen LogP contribution in [0.5, 0.6) is 0 Å². The van der Waals surface area contributed by atoms with Crippen LogP contribution < -0.4 is 5.32 Å². The highest BCUT2D eigenvalue weighted by Crippen LogP contribution is 2.14. The van der Waals surface area contributed by atoms with Gasteiger partial charge in [0.15, 0.2) is 4.67 Å². The van der Waals surface area contributed by atoms with Crippen molar-refractivity contribution in [3.8, 4) is 0 Å². The Balaban J connectivity index is 2.32. The maximum atomic E-state index is 5.40. The largest absolute Gasteiger partial charge is 0.453 e. The van der Waals surface area contributed by atoms with Crippen molar-refractivity contribution in [2.75, 3.05) is 13.7 Å². The van der Waals surface area contributed by atoms with Crippen molar-refractivity contribution in [3.05, 3.63) is 22.6 Å². The minimum absolute atomic E-state index is 0.406. The van der Waals surface area contributed by atoms with E-state index >= 15 is 0 Å². The van der Waals surface area contributed by atoms with Gasteiger partial charge >= 0.3 is 0 Å². The van der Waals surface area contributed by atoms with Crippen LogP contribution in [0, 0.1) is 0 Å². The molecule has 0 saturated heterocycles. The first-order valence-electron chi connectivity index (χ1n) is 5.22. The van der Waals surface area contributed by atoms with Crippen molar-refractivity contribution in [2.24, 2.45) is 0 Å². The molecule has 0 bridgehead atoms. The molecule has 15 heavy (non-hydrogen) atoms. The number of halogens is 1. The number of methoxy groups -OCH3 is 1. The predicted octanol–water partition coefficient (Wildman–Crippen LogP) is 2.95. The highest BCUT2D eigenvalue weighted by molar-refractivity contribution is 9.10. The van der Waals surface area contributed by atoms with E-state index in [1.807, 2.05) is 12.1 Å². The van der Waals surface area contributed by atoms with Gasteiger partial charge in [0.1, 0.15) is 5.76 Å². The van der Waals surface area contributed by atoms with E-state index < -0.39 is 0 Å². The second-order valence-corrected chi connectivity index (χ2v) is 4.31. The lowest BCUT2D eigenvalue weighted by molar-refractivity contribution is 0.160. The first-order chi connectivity index (χ1) is 7.26. The number of rotatable bonds is 7. The van der Waals surface area contributed by atoms with Crippen molar-refractivity contribution in [3.63, 3.8) is 0 Å². The van der Waals surface area contributed by atoms with Crippen LogP contribution in [0.3, 0.4) is 0 Å². The Morgan fingerprint density at radius 2 is 2.33 bits per heavy atom. The number of nitrogens with one attached hydrogen (secondary N) is 1. The van der Waals surface area contributed by atoms with Crippen molar-refractivity contribution < 1.29 is 9.15 Å². The first kappa shape index (κ1) is 12.7. The summed E-state index contributed by atoms with van der Waals surface area (Å²) >= 11 is 3.28. The minimum atomic E-state index is 0.406. The second-order valence-electron chi connectivity index (χ2n) is 3.53. The van der Waals surface area contributed by atoms with Gasteiger partial charge in [0.25, 0.3) is 0 Å². The molecule has 1 N–H and O–H groups in total. The summed E-state index contributed by atoms with van der Waals surface area (Å²) in [5.74, 6) is 0.944. The number of hydrogen-bond acceptors (Lipinski definition) is 3. The normalized spacial score (nSPS) is 13.0. The third kappa shape index (κ3) is 4.82. The highest BCUT2D eigenvalue weighted by Gasteiger charge is 2.07. The molecule has 0 aromatic carbocycles. The third-order valence-corrected chi connectivity index (χ3v) is 2.63. The van der Waals surface area contributed by atoms with E-state index in [4.69, 9.17) is 9.15 Å². The summed E-state index contributed by atoms with van der Waals surface area (Å²) in [5.41, 5.74) is 0. The lowest BCUT2D eigenvalue weighted by atomic mass is 10.2. The van der Waals surface area contributed by atoms with Gasteiger partial charge in [-0.2, -0.15) is 0 Å². The molecule has 0 amide bonds. The van der Waals surface area contributed by atoms with Gasteiger partial charge in [0, 0.05) is 13.2 Å². The molecule has 1 aromatic rings. The van der Waals surface area contributed by atoms with Crippen LogP contribution in [-0.2, 0) is 11.3 Å². The quantitative estimate of drug-likeness (QED) is 0.831. The molecule has 0 fully saturated rings. The molecule has 86 valence electrons. The molecule has 0 radical (unpaired) electrons. The Morgan fingerprint density at radius 1 is 1.53 bits per heavy atom. The van der Waals surface area contributed by atoms with Crippen LogP contribution in [0.4, 0.5) is 0 Å². The van der Waals surface area contributed by atoms with Gasteiger partial charge in [-0.15, -0.1) is 0 Å². The van der Waals surface area contributed by atoms with Crippen molar-refractivity contribution >= 4 is 15.9 Å². The summed E-state index contributed by atoms with van der Waals surface area (Å²) < 4.78 is 11.3. The molecule has 1 rings (SSSR count). The first-order valence-corrected chi connectivity index (χ1v) is 6.02. The van der Waals surface area contributed by atoms with Gasteiger partial charge in [-0.1, -0.05) is 13.3 Å². The molecule has 1 unspecified atom stereocenters. The minimum Gasteiger partial charge on any atom is -0.453 e. The average molecular weight is 276 g/mol. The fourth-order valence-corrected chi connectivity index (χ4v) is 1.83. The molecule has 0 saturated carbocycles. The van der Waals surface area contributed by atoms with Gasteiger partial charge in [-0.25, -0.2) is 0 Å². The van der Waals surface area contributed by atoms with Crippen LogP contribution in [0.2, 0.25) is 0 Å². The molecule has 1 atom stereocenters. The molecule has 0 aliphatic carbocycles. The molecule has 4 heteroatoms.